The molecule has 1 heterocycles. The average molecular weight is 240 g/mol. The van der Waals surface area contributed by atoms with Crippen molar-refractivity contribution in [1.29, 1.82) is 0 Å². The lowest BCUT2D eigenvalue weighted by Gasteiger charge is -2.08. The summed E-state index contributed by atoms with van der Waals surface area (Å²) in [6, 6.07) is 0. The summed E-state index contributed by atoms with van der Waals surface area (Å²) >= 11 is 1.35. The summed E-state index contributed by atoms with van der Waals surface area (Å²) in [6.45, 7) is 0.966. The zero-order chi connectivity index (χ0) is 11.4. The number of rotatable bonds is 4. The van der Waals surface area contributed by atoms with Crippen LogP contribution >= 0.6 is 11.3 Å². The van der Waals surface area contributed by atoms with Gasteiger partial charge in [0, 0.05) is 6.54 Å². The highest BCUT2D eigenvalue weighted by Crippen LogP contribution is 2.26. The zero-order valence-corrected chi connectivity index (χ0v) is 10.2. The van der Waals surface area contributed by atoms with Crippen LogP contribution in [0.25, 0.3) is 0 Å². The van der Waals surface area contributed by atoms with Crippen LogP contribution in [0.4, 0.5) is 5.13 Å². The topological polar surface area (TPSA) is 51.2 Å². The van der Waals surface area contributed by atoms with Crippen LogP contribution in [0.15, 0.2) is 6.20 Å². The fraction of sp³-hybridized carbons (Fsp3) is 0.636. The van der Waals surface area contributed by atoms with Crippen molar-refractivity contribution in [3.8, 4) is 0 Å². The fourth-order valence-corrected chi connectivity index (χ4v) is 2.74. The molecule has 1 aromatic rings. The number of anilines is 1. The molecule has 0 unspecified atom stereocenters. The molecule has 88 valence electrons. The Balaban J connectivity index is 1.85. The summed E-state index contributed by atoms with van der Waals surface area (Å²) in [5.41, 5.74) is 0. The molecule has 4 nitrogen and oxygen atoms in total. The van der Waals surface area contributed by atoms with E-state index in [0.29, 0.717) is 4.88 Å². The van der Waals surface area contributed by atoms with Gasteiger partial charge in [0.15, 0.2) is 5.13 Å². The van der Waals surface area contributed by atoms with Crippen LogP contribution in [0.2, 0.25) is 0 Å². The Morgan fingerprint density at radius 2 is 2.38 bits per heavy atom. The molecule has 1 fully saturated rings. The van der Waals surface area contributed by atoms with Crippen molar-refractivity contribution in [2.24, 2.45) is 5.92 Å². The standard InChI is InChI=1S/C11H16N2O2S/c1-15-10(14)9-7-13-11(16-9)12-6-8-4-2-3-5-8/h7-8H,2-6H2,1H3,(H,12,13). The number of methoxy groups -OCH3 is 1. The van der Waals surface area contributed by atoms with Crippen molar-refractivity contribution in [3.05, 3.63) is 11.1 Å². The van der Waals surface area contributed by atoms with E-state index in [1.807, 2.05) is 0 Å². The minimum Gasteiger partial charge on any atom is -0.465 e. The molecule has 1 aromatic heterocycles. The Bertz CT molecular complexity index is 359. The molecule has 0 aromatic carbocycles. The maximum Gasteiger partial charge on any atom is 0.349 e. The highest BCUT2D eigenvalue weighted by molar-refractivity contribution is 7.17. The summed E-state index contributed by atoms with van der Waals surface area (Å²) in [4.78, 5) is 15.9. The van der Waals surface area contributed by atoms with Gasteiger partial charge in [0.25, 0.3) is 0 Å². The molecule has 1 saturated carbocycles. The highest BCUT2D eigenvalue weighted by Gasteiger charge is 2.16. The van der Waals surface area contributed by atoms with Crippen molar-refractivity contribution in [1.82, 2.24) is 4.98 Å². The lowest BCUT2D eigenvalue weighted by atomic mass is 10.1. The van der Waals surface area contributed by atoms with Crippen molar-refractivity contribution in [2.45, 2.75) is 25.7 Å². The third-order valence-corrected chi connectivity index (χ3v) is 3.84. The Labute approximate surface area is 99.0 Å². The first kappa shape index (κ1) is 11.4. The van der Waals surface area contributed by atoms with E-state index in [0.717, 1.165) is 17.6 Å². The summed E-state index contributed by atoms with van der Waals surface area (Å²) < 4.78 is 4.63. The third-order valence-electron chi connectivity index (χ3n) is 2.91. The number of nitrogens with one attached hydrogen (secondary N) is 1. The monoisotopic (exact) mass is 240 g/mol. The molecule has 5 heteroatoms. The van der Waals surface area contributed by atoms with Gasteiger partial charge in [-0.1, -0.05) is 24.2 Å². The summed E-state index contributed by atoms with van der Waals surface area (Å²) in [5, 5.41) is 4.10. The molecule has 0 atom stereocenters. The second-order valence-corrected chi connectivity index (χ2v) is 5.08. The normalized spacial score (nSPS) is 16.3. The van der Waals surface area contributed by atoms with Gasteiger partial charge >= 0.3 is 5.97 Å². The van der Waals surface area contributed by atoms with E-state index in [4.69, 9.17) is 0 Å². The number of hydrogen-bond acceptors (Lipinski definition) is 5. The largest absolute Gasteiger partial charge is 0.465 e. The predicted octanol–water partition coefficient (Wildman–Crippen LogP) is 2.53. The lowest BCUT2D eigenvalue weighted by Crippen LogP contribution is -2.10. The first-order valence-electron chi connectivity index (χ1n) is 5.57. The van der Waals surface area contributed by atoms with Gasteiger partial charge in [0.2, 0.25) is 0 Å². The molecule has 1 N–H and O–H groups in total. The Morgan fingerprint density at radius 1 is 1.62 bits per heavy atom. The second kappa shape index (κ2) is 5.30. The van der Waals surface area contributed by atoms with E-state index in [1.54, 1.807) is 6.20 Å². The molecule has 1 aliphatic carbocycles. The van der Waals surface area contributed by atoms with E-state index in [-0.39, 0.29) is 5.97 Å². The predicted molar refractivity (Wildman–Crippen MR) is 63.9 cm³/mol. The molecule has 0 radical (unpaired) electrons. The van der Waals surface area contributed by atoms with E-state index in [9.17, 15) is 4.79 Å². The number of esters is 1. The Kier molecular flexibility index (Phi) is 3.77. The average Bonchev–Trinajstić information content (AvgIpc) is 2.96. The van der Waals surface area contributed by atoms with Crippen molar-refractivity contribution in [3.63, 3.8) is 0 Å². The lowest BCUT2D eigenvalue weighted by molar-refractivity contribution is 0.0606. The SMILES string of the molecule is COC(=O)c1cnc(NCC2CCCC2)s1. The molecule has 0 saturated heterocycles. The molecule has 0 aliphatic heterocycles. The number of hydrogen-bond donors (Lipinski definition) is 1. The number of carbonyl (C=O) groups excluding carboxylic acids is 1. The Hall–Kier alpha value is -1.10. The van der Waals surface area contributed by atoms with Gasteiger partial charge in [-0.15, -0.1) is 0 Å². The van der Waals surface area contributed by atoms with Gasteiger partial charge in [-0.05, 0) is 18.8 Å². The first-order valence-corrected chi connectivity index (χ1v) is 6.39. The molecular weight excluding hydrogens is 224 g/mol. The number of thiazole rings is 1. The fourth-order valence-electron chi connectivity index (χ4n) is 2.00. The van der Waals surface area contributed by atoms with E-state index < -0.39 is 0 Å². The number of nitrogens with zero attached hydrogens (tertiary/aromatic N) is 1. The number of ether oxygens (including phenoxy) is 1. The van der Waals surface area contributed by atoms with Crippen LogP contribution in [0.1, 0.15) is 35.4 Å². The molecule has 0 spiro atoms. The van der Waals surface area contributed by atoms with E-state index >= 15 is 0 Å². The van der Waals surface area contributed by atoms with Crippen molar-refractivity contribution >= 4 is 22.4 Å². The van der Waals surface area contributed by atoms with Gasteiger partial charge < -0.3 is 10.1 Å². The third kappa shape index (κ3) is 2.72. The smallest absolute Gasteiger partial charge is 0.349 e. The molecular formula is C11H16N2O2S. The summed E-state index contributed by atoms with van der Waals surface area (Å²) in [6.07, 6.45) is 6.87. The highest BCUT2D eigenvalue weighted by atomic mass is 32.1. The summed E-state index contributed by atoms with van der Waals surface area (Å²) in [5.74, 6) is 0.455. The Morgan fingerprint density at radius 3 is 3.06 bits per heavy atom. The second-order valence-electron chi connectivity index (χ2n) is 4.05. The molecule has 1 aliphatic rings. The maximum absolute atomic E-state index is 11.2. The maximum atomic E-state index is 11.2. The van der Waals surface area contributed by atoms with Gasteiger partial charge in [-0.2, -0.15) is 0 Å². The van der Waals surface area contributed by atoms with Gasteiger partial charge in [-0.3, -0.25) is 0 Å². The number of aromatic nitrogens is 1. The number of carbonyl (C=O) groups is 1. The van der Waals surface area contributed by atoms with Crippen LogP contribution < -0.4 is 5.32 Å². The van der Waals surface area contributed by atoms with Crippen LogP contribution in [-0.4, -0.2) is 24.6 Å². The van der Waals surface area contributed by atoms with Crippen LogP contribution in [0, 0.1) is 5.92 Å². The van der Waals surface area contributed by atoms with Crippen molar-refractivity contribution in [2.75, 3.05) is 19.0 Å². The van der Waals surface area contributed by atoms with Gasteiger partial charge in [-0.25, -0.2) is 9.78 Å². The van der Waals surface area contributed by atoms with Gasteiger partial charge in [0.05, 0.1) is 13.3 Å². The van der Waals surface area contributed by atoms with Crippen LogP contribution in [0.5, 0.6) is 0 Å². The van der Waals surface area contributed by atoms with Crippen molar-refractivity contribution < 1.29 is 9.53 Å². The molecule has 0 amide bonds. The zero-order valence-electron chi connectivity index (χ0n) is 9.36. The van der Waals surface area contributed by atoms with Crippen LogP contribution in [-0.2, 0) is 4.74 Å². The first-order chi connectivity index (χ1) is 7.79. The van der Waals surface area contributed by atoms with Crippen LogP contribution in [0.3, 0.4) is 0 Å². The quantitative estimate of drug-likeness (QED) is 0.822. The minimum atomic E-state index is -0.314. The van der Waals surface area contributed by atoms with E-state index in [1.165, 1.54) is 44.1 Å². The molecule has 2 rings (SSSR count). The summed E-state index contributed by atoms with van der Waals surface area (Å²) in [7, 11) is 1.38. The minimum absolute atomic E-state index is 0.314. The molecule has 16 heavy (non-hydrogen) atoms. The molecule has 0 bridgehead atoms. The van der Waals surface area contributed by atoms with Gasteiger partial charge in [0.1, 0.15) is 4.88 Å². The van der Waals surface area contributed by atoms with E-state index in [2.05, 4.69) is 15.0 Å².